The van der Waals surface area contributed by atoms with Crippen molar-refractivity contribution in [2.45, 2.75) is 6.42 Å². The molecule has 0 atom stereocenters. The average Bonchev–Trinajstić information content (AvgIpc) is 3.17. The molecular formula is C18H17N5O. The topological polar surface area (TPSA) is 86.7 Å². The Labute approximate surface area is 139 Å². The summed E-state index contributed by atoms with van der Waals surface area (Å²) in [5.41, 5.74) is 5.26. The number of aromatic hydroxyl groups is 1. The van der Waals surface area contributed by atoms with E-state index in [9.17, 15) is 5.11 Å². The van der Waals surface area contributed by atoms with Crippen LogP contribution in [0.15, 0.2) is 48.8 Å². The molecule has 3 aromatic rings. The maximum absolute atomic E-state index is 10.3. The first-order chi connectivity index (χ1) is 11.8. The Kier molecular flexibility index (Phi) is 3.80. The zero-order valence-electron chi connectivity index (χ0n) is 13.0. The van der Waals surface area contributed by atoms with E-state index in [0.717, 1.165) is 36.3 Å². The van der Waals surface area contributed by atoms with Gasteiger partial charge in [-0.05, 0) is 48.4 Å². The van der Waals surface area contributed by atoms with Crippen molar-refractivity contribution in [3.63, 3.8) is 0 Å². The van der Waals surface area contributed by atoms with Gasteiger partial charge in [-0.25, -0.2) is 0 Å². The molecule has 3 N–H and O–H groups in total. The van der Waals surface area contributed by atoms with E-state index < -0.39 is 0 Å². The van der Waals surface area contributed by atoms with Gasteiger partial charge in [0.1, 0.15) is 5.75 Å². The van der Waals surface area contributed by atoms with Crippen molar-refractivity contribution in [3.05, 3.63) is 54.5 Å². The van der Waals surface area contributed by atoms with E-state index in [-0.39, 0.29) is 5.75 Å². The number of hydrogen-bond acceptors (Lipinski definition) is 5. The lowest BCUT2D eigenvalue weighted by Gasteiger charge is -2.13. The Bertz CT molecular complexity index is 869. The molecule has 4 rings (SSSR count). The van der Waals surface area contributed by atoms with Gasteiger partial charge in [0.05, 0.1) is 17.6 Å². The predicted octanol–water partition coefficient (Wildman–Crippen LogP) is 2.62. The van der Waals surface area contributed by atoms with Gasteiger partial charge in [0.15, 0.2) is 0 Å². The van der Waals surface area contributed by atoms with Gasteiger partial charge < -0.3 is 10.4 Å². The number of nitrogens with zero attached hydrogens (tertiary/aromatic N) is 3. The molecular weight excluding hydrogens is 302 g/mol. The Balaban J connectivity index is 1.63. The third kappa shape index (κ3) is 2.79. The van der Waals surface area contributed by atoms with Crippen molar-refractivity contribution in [1.29, 1.82) is 0 Å². The number of nitrogens with one attached hydrogen (secondary N) is 2. The first-order valence-corrected chi connectivity index (χ1v) is 7.87. The fourth-order valence-electron chi connectivity index (χ4n) is 2.84. The molecule has 0 amide bonds. The lowest BCUT2D eigenvalue weighted by Crippen LogP contribution is -2.20. The summed E-state index contributed by atoms with van der Waals surface area (Å²) >= 11 is 0. The highest BCUT2D eigenvalue weighted by atomic mass is 16.3. The van der Waals surface area contributed by atoms with Crippen LogP contribution >= 0.6 is 0 Å². The monoisotopic (exact) mass is 319 g/mol. The fraction of sp³-hybridized carbons (Fsp3) is 0.167. The summed E-state index contributed by atoms with van der Waals surface area (Å²) in [5, 5.41) is 28.9. The number of aromatic amines is 1. The molecule has 6 heteroatoms. The van der Waals surface area contributed by atoms with Gasteiger partial charge in [-0.1, -0.05) is 12.1 Å². The van der Waals surface area contributed by atoms with Gasteiger partial charge in [0.2, 0.25) is 0 Å². The predicted molar refractivity (Wildman–Crippen MR) is 92.2 cm³/mol. The van der Waals surface area contributed by atoms with Crippen LogP contribution in [0.5, 0.6) is 5.75 Å². The zero-order valence-corrected chi connectivity index (χ0v) is 13.0. The molecule has 3 heterocycles. The van der Waals surface area contributed by atoms with E-state index >= 15 is 0 Å². The van der Waals surface area contributed by atoms with Crippen LogP contribution in [0.2, 0.25) is 0 Å². The highest BCUT2D eigenvalue weighted by molar-refractivity contribution is 5.74. The largest absolute Gasteiger partial charge is 0.507 e. The maximum Gasteiger partial charge on any atom is 0.125 e. The van der Waals surface area contributed by atoms with Crippen LogP contribution in [0.3, 0.4) is 0 Å². The minimum absolute atomic E-state index is 0.178. The fourth-order valence-corrected chi connectivity index (χ4v) is 2.84. The molecule has 0 bridgehead atoms. The molecule has 1 aromatic carbocycles. The number of H-pyrrole nitrogens is 1. The average molecular weight is 319 g/mol. The lowest BCUT2D eigenvalue weighted by molar-refractivity contribution is 0.477. The van der Waals surface area contributed by atoms with Crippen LogP contribution in [0.25, 0.3) is 28.0 Å². The number of hydrogen-bond donors (Lipinski definition) is 3. The van der Waals surface area contributed by atoms with E-state index in [1.807, 2.05) is 24.3 Å². The normalized spacial score (nSPS) is 14.4. The number of benzene rings is 1. The summed E-state index contributed by atoms with van der Waals surface area (Å²) < 4.78 is 0. The molecule has 0 fully saturated rings. The Hall–Kier alpha value is -2.99. The summed E-state index contributed by atoms with van der Waals surface area (Å²) in [6.45, 7) is 1.83. The molecule has 120 valence electrons. The van der Waals surface area contributed by atoms with E-state index in [4.69, 9.17) is 0 Å². The second-order valence-electron chi connectivity index (χ2n) is 5.71. The SMILES string of the molecule is Oc1cc(-c2cn[nH]c2)ccc1-c1ccc(C2=CCNCC2)nn1. The van der Waals surface area contributed by atoms with Crippen LogP contribution < -0.4 is 5.32 Å². The number of phenolic OH excluding ortho intramolecular Hbond substituents is 1. The van der Waals surface area contributed by atoms with E-state index in [0.29, 0.717) is 11.3 Å². The quantitative estimate of drug-likeness (QED) is 0.691. The summed E-state index contributed by atoms with van der Waals surface area (Å²) in [6, 6.07) is 9.36. The molecule has 0 aliphatic carbocycles. The molecule has 0 unspecified atom stereocenters. The number of phenols is 1. The van der Waals surface area contributed by atoms with Crippen LogP contribution in [0, 0.1) is 0 Å². The second-order valence-corrected chi connectivity index (χ2v) is 5.71. The molecule has 0 spiro atoms. The number of rotatable bonds is 3. The maximum atomic E-state index is 10.3. The standard InChI is InChI=1S/C18H17N5O/c24-18-9-13(14-10-20-21-11-14)1-2-15(18)17-4-3-16(22-23-17)12-5-7-19-8-6-12/h1-5,9-11,19,24H,6-8H2,(H,20,21). The van der Waals surface area contributed by atoms with Crippen LogP contribution in [0.4, 0.5) is 0 Å². The second kappa shape index (κ2) is 6.25. The van der Waals surface area contributed by atoms with Gasteiger partial charge >= 0.3 is 0 Å². The molecule has 0 saturated carbocycles. The first kappa shape index (κ1) is 14.6. The van der Waals surface area contributed by atoms with Crippen molar-refractivity contribution >= 4 is 5.57 Å². The first-order valence-electron chi connectivity index (χ1n) is 7.87. The van der Waals surface area contributed by atoms with Crippen molar-refractivity contribution < 1.29 is 5.11 Å². The van der Waals surface area contributed by atoms with Crippen molar-refractivity contribution in [3.8, 4) is 28.1 Å². The highest BCUT2D eigenvalue weighted by Crippen LogP contribution is 2.32. The molecule has 1 aliphatic heterocycles. The third-order valence-electron chi connectivity index (χ3n) is 4.16. The Morgan fingerprint density at radius 2 is 1.88 bits per heavy atom. The smallest absolute Gasteiger partial charge is 0.125 e. The minimum atomic E-state index is 0.178. The van der Waals surface area contributed by atoms with Gasteiger partial charge in [-0.15, -0.1) is 5.10 Å². The summed E-state index contributed by atoms with van der Waals surface area (Å²) in [5.74, 6) is 0.178. The molecule has 2 aromatic heterocycles. The number of aromatic nitrogens is 4. The lowest BCUT2D eigenvalue weighted by atomic mass is 10.0. The van der Waals surface area contributed by atoms with Crippen LogP contribution in [0.1, 0.15) is 12.1 Å². The van der Waals surface area contributed by atoms with Crippen molar-refractivity contribution in [2.75, 3.05) is 13.1 Å². The molecule has 0 radical (unpaired) electrons. The molecule has 1 aliphatic rings. The molecule has 6 nitrogen and oxygen atoms in total. The van der Waals surface area contributed by atoms with Crippen LogP contribution in [-0.2, 0) is 0 Å². The summed E-state index contributed by atoms with van der Waals surface area (Å²) in [7, 11) is 0. The van der Waals surface area contributed by atoms with Gasteiger partial charge in [-0.2, -0.15) is 10.2 Å². The third-order valence-corrected chi connectivity index (χ3v) is 4.16. The van der Waals surface area contributed by atoms with Gasteiger partial charge in [0.25, 0.3) is 0 Å². The van der Waals surface area contributed by atoms with Crippen LogP contribution in [-0.4, -0.2) is 38.6 Å². The highest BCUT2D eigenvalue weighted by Gasteiger charge is 2.11. The van der Waals surface area contributed by atoms with E-state index in [1.165, 1.54) is 5.57 Å². The summed E-state index contributed by atoms with van der Waals surface area (Å²) in [4.78, 5) is 0. The summed E-state index contributed by atoms with van der Waals surface area (Å²) in [6.07, 6.45) is 6.61. The van der Waals surface area contributed by atoms with Crippen molar-refractivity contribution in [1.82, 2.24) is 25.7 Å². The van der Waals surface area contributed by atoms with Gasteiger partial charge in [0, 0.05) is 23.9 Å². The molecule has 24 heavy (non-hydrogen) atoms. The Morgan fingerprint density at radius 3 is 2.54 bits per heavy atom. The minimum Gasteiger partial charge on any atom is -0.507 e. The zero-order chi connectivity index (χ0) is 16.4. The van der Waals surface area contributed by atoms with E-state index in [2.05, 4.69) is 31.8 Å². The van der Waals surface area contributed by atoms with E-state index in [1.54, 1.807) is 18.5 Å². The van der Waals surface area contributed by atoms with Gasteiger partial charge in [-0.3, -0.25) is 5.10 Å². The Morgan fingerprint density at radius 1 is 1.00 bits per heavy atom. The molecule has 0 saturated heterocycles. The van der Waals surface area contributed by atoms with Crippen molar-refractivity contribution in [2.24, 2.45) is 0 Å².